The monoisotopic (exact) mass is 492 g/mol. The third kappa shape index (κ3) is 5.28. The Morgan fingerprint density at radius 3 is 2.40 bits per heavy atom. The molecule has 1 saturated heterocycles. The summed E-state index contributed by atoms with van der Waals surface area (Å²) in [6.07, 6.45) is 1.33. The van der Waals surface area contributed by atoms with E-state index in [1.165, 1.54) is 30.3 Å². The van der Waals surface area contributed by atoms with Crippen molar-refractivity contribution in [2.75, 3.05) is 11.5 Å². The molecule has 8 nitrogen and oxygen atoms in total. The maximum atomic E-state index is 13.1. The lowest BCUT2D eigenvalue weighted by Gasteiger charge is -2.26. The van der Waals surface area contributed by atoms with Gasteiger partial charge in [0.2, 0.25) is 0 Å². The molecule has 35 heavy (non-hydrogen) atoms. The van der Waals surface area contributed by atoms with E-state index in [0.717, 1.165) is 10.5 Å². The van der Waals surface area contributed by atoms with E-state index in [2.05, 4.69) is 5.32 Å². The fourth-order valence-corrected chi connectivity index (χ4v) is 3.74. The number of rotatable bonds is 7. The van der Waals surface area contributed by atoms with Gasteiger partial charge in [-0.2, -0.15) is 0 Å². The molecule has 0 aliphatic carbocycles. The van der Waals surface area contributed by atoms with Crippen LogP contribution in [0.2, 0.25) is 5.02 Å². The van der Waals surface area contributed by atoms with E-state index in [4.69, 9.17) is 21.1 Å². The second-order valence-corrected chi connectivity index (χ2v) is 7.92. The summed E-state index contributed by atoms with van der Waals surface area (Å²) in [7, 11) is 0. The number of phenols is 1. The minimum atomic E-state index is -0.888. The summed E-state index contributed by atoms with van der Waals surface area (Å²) in [4.78, 5) is 38.7. The zero-order valence-corrected chi connectivity index (χ0v) is 19.4. The van der Waals surface area contributed by atoms with Crippen molar-refractivity contribution >= 4 is 41.2 Å². The number of amides is 4. The summed E-state index contributed by atoms with van der Waals surface area (Å²) >= 11 is 6.48. The van der Waals surface area contributed by atoms with Crippen LogP contribution in [0.25, 0.3) is 6.08 Å². The molecule has 0 spiro atoms. The van der Waals surface area contributed by atoms with Crippen LogP contribution in [-0.2, 0) is 16.2 Å². The number of anilines is 1. The molecule has 4 amide bonds. The topological polar surface area (TPSA) is 105 Å². The minimum Gasteiger partial charge on any atom is -0.508 e. The highest BCUT2D eigenvalue weighted by Crippen LogP contribution is 2.38. The van der Waals surface area contributed by atoms with Crippen LogP contribution in [0.3, 0.4) is 0 Å². The largest absolute Gasteiger partial charge is 0.508 e. The zero-order chi connectivity index (χ0) is 24.9. The molecule has 0 aromatic heterocycles. The van der Waals surface area contributed by atoms with Crippen LogP contribution in [0.1, 0.15) is 18.1 Å². The van der Waals surface area contributed by atoms with E-state index in [9.17, 15) is 19.5 Å². The summed E-state index contributed by atoms with van der Waals surface area (Å²) < 4.78 is 11.6. The lowest BCUT2D eigenvalue weighted by molar-refractivity contribution is -0.122. The molecule has 0 bridgehead atoms. The molecule has 1 aliphatic heterocycles. The van der Waals surface area contributed by atoms with Crippen molar-refractivity contribution in [1.82, 2.24) is 5.32 Å². The predicted octanol–water partition coefficient (Wildman–Crippen LogP) is 4.69. The van der Waals surface area contributed by atoms with Crippen LogP contribution >= 0.6 is 11.6 Å². The molecular formula is C26H21ClN2O6. The van der Waals surface area contributed by atoms with Gasteiger partial charge >= 0.3 is 6.03 Å². The number of nitrogens with zero attached hydrogens (tertiary/aromatic N) is 1. The van der Waals surface area contributed by atoms with Gasteiger partial charge in [0.1, 0.15) is 17.9 Å². The number of benzene rings is 3. The number of hydrogen-bond donors (Lipinski definition) is 2. The summed E-state index contributed by atoms with van der Waals surface area (Å²) in [5.74, 6) is -1.01. The summed E-state index contributed by atoms with van der Waals surface area (Å²) in [6.45, 7) is 2.41. The Morgan fingerprint density at radius 2 is 1.71 bits per heavy atom. The van der Waals surface area contributed by atoms with Gasteiger partial charge in [-0.3, -0.25) is 14.9 Å². The van der Waals surface area contributed by atoms with Crippen molar-refractivity contribution in [3.63, 3.8) is 0 Å². The van der Waals surface area contributed by atoms with Gasteiger partial charge < -0.3 is 14.6 Å². The first-order chi connectivity index (χ1) is 16.9. The summed E-state index contributed by atoms with van der Waals surface area (Å²) in [6, 6.07) is 17.2. The number of nitrogens with one attached hydrogen (secondary N) is 1. The van der Waals surface area contributed by atoms with Crippen LogP contribution in [0.5, 0.6) is 17.2 Å². The van der Waals surface area contributed by atoms with Crippen molar-refractivity contribution in [3.8, 4) is 17.2 Å². The average molecular weight is 493 g/mol. The number of urea groups is 1. The third-order valence-corrected chi connectivity index (χ3v) is 5.36. The first-order valence-corrected chi connectivity index (χ1v) is 11.1. The number of ether oxygens (including phenoxy) is 2. The van der Waals surface area contributed by atoms with E-state index >= 15 is 0 Å². The Hall–Kier alpha value is -4.30. The van der Waals surface area contributed by atoms with Gasteiger partial charge in [-0.15, -0.1) is 0 Å². The van der Waals surface area contributed by atoms with E-state index < -0.39 is 17.8 Å². The molecule has 0 radical (unpaired) electrons. The lowest BCUT2D eigenvalue weighted by Crippen LogP contribution is -2.54. The molecule has 0 saturated carbocycles. The smallest absolute Gasteiger partial charge is 0.335 e. The van der Waals surface area contributed by atoms with E-state index in [-0.39, 0.29) is 28.6 Å². The molecule has 3 aromatic carbocycles. The first-order valence-electron chi connectivity index (χ1n) is 10.7. The molecule has 1 fully saturated rings. The molecule has 2 N–H and O–H groups in total. The van der Waals surface area contributed by atoms with Crippen LogP contribution in [0, 0.1) is 0 Å². The average Bonchev–Trinajstić information content (AvgIpc) is 2.83. The molecule has 1 aliphatic rings. The predicted molar refractivity (Wildman–Crippen MR) is 131 cm³/mol. The number of aromatic hydroxyl groups is 1. The molecule has 0 atom stereocenters. The molecule has 4 rings (SSSR count). The molecule has 9 heteroatoms. The van der Waals surface area contributed by atoms with Gasteiger partial charge in [0.15, 0.2) is 11.5 Å². The standard InChI is InChI=1S/C26H21ClN2O6/c1-2-34-22-14-17(13-21(27)23(22)35-15-16-6-4-3-5-7-16)12-20-24(31)28-26(33)29(25(20)32)18-8-10-19(30)11-9-18/h3-14,30H,2,15H2,1H3,(H,28,31,33)/b20-12+. The van der Waals surface area contributed by atoms with Crippen molar-refractivity contribution in [2.24, 2.45) is 0 Å². The van der Waals surface area contributed by atoms with Gasteiger partial charge in [-0.25, -0.2) is 9.69 Å². The number of carbonyl (C=O) groups is 3. The number of halogens is 1. The van der Waals surface area contributed by atoms with Crippen molar-refractivity contribution in [2.45, 2.75) is 13.5 Å². The van der Waals surface area contributed by atoms with Crippen LogP contribution in [0.15, 0.2) is 72.3 Å². The molecule has 3 aromatic rings. The van der Waals surface area contributed by atoms with Crippen molar-refractivity contribution < 1.29 is 29.0 Å². The second kappa shape index (κ2) is 10.3. The minimum absolute atomic E-state index is 0.0295. The second-order valence-electron chi connectivity index (χ2n) is 7.51. The van der Waals surface area contributed by atoms with Crippen molar-refractivity contribution in [1.29, 1.82) is 0 Å². The third-order valence-electron chi connectivity index (χ3n) is 5.08. The van der Waals surface area contributed by atoms with Crippen LogP contribution in [-0.4, -0.2) is 29.6 Å². The molecule has 1 heterocycles. The SMILES string of the molecule is CCOc1cc(/C=C2\C(=O)NC(=O)N(c3ccc(O)cc3)C2=O)cc(Cl)c1OCc1ccccc1. The van der Waals surface area contributed by atoms with E-state index in [1.54, 1.807) is 19.1 Å². The quantitative estimate of drug-likeness (QED) is 0.366. The molecular weight excluding hydrogens is 472 g/mol. The summed E-state index contributed by atoms with van der Waals surface area (Å²) in [5.41, 5.74) is 1.28. The fraction of sp³-hybridized carbons (Fsp3) is 0.115. The Kier molecular flexibility index (Phi) is 7.03. The number of hydrogen-bond acceptors (Lipinski definition) is 6. The Labute approximate surface area is 206 Å². The lowest BCUT2D eigenvalue weighted by atomic mass is 10.1. The van der Waals surface area contributed by atoms with Crippen LogP contribution in [0.4, 0.5) is 10.5 Å². The van der Waals surface area contributed by atoms with Gasteiger partial charge in [0, 0.05) is 0 Å². The van der Waals surface area contributed by atoms with Gasteiger partial charge in [-0.05, 0) is 60.5 Å². The zero-order valence-electron chi connectivity index (χ0n) is 18.7. The first kappa shape index (κ1) is 23.8. The summed E-state index contributed by atoms with van der Waals surface area (Å²) in [5, 5.41) is 11.9. The number of carbonyl (C=O) groups excluding carboxylic acids is 3. The number of barbiturate groups is 1. The number of imide groups is 2. The Morgan fingerprint density at radius 1 is 1.00 bits per heavy atom. The highest BCUT2D eigenvalue weighted by molar-refractivity contribution is 6.39. The molecule has 0 unspecified atom stereocenters. The van der Waals surface area contributed by atoms with Gasteiger partial charge in [0.25, 0.3) is 11.8 Å². The Bertz CT molecular complexity index is 1310. The van der Waals surface area contributed by atoms with E-state index in [1.807, 2.05) is 30.3 Å². The highest BCUT2D eigenvalue weighted by atomic mass is 35.5. The molecule has 178 valence electrons. The maximum absolute atomic E-state index is 13.1. The van der Waals surface area contributed by atoms with Crippen molar-refractivity contribution in [3.05, 3.63) is 88.5 Å². The van der Waals surface area contributed by atoms with E-state index in [0.29, 0.717) is 23.7 Å². The van der Waals surface area contributed by atoms with Gasteiger partial charge in [-0.1, -0.05) is 41.9 Å². The Balaban J connectivity index is 1.66. The highest BCUT2D eigenvalue weighted by Gasteiger charge is 2.36. The maximum Gasteiger partial charge on any atom is 0.335 e. The number of phenolic OH excluding ortho intramolecular Hbond substituents is 1. The van der Waals surface area contributed by atoms with Gasteiger partial charge in [0.05, 0.1) is 17.3 Å². The van der Waals surface area contributed by atoms with Crippen LogP contribution < -0.4 is 19.7 Å². The normalized spacial score (nSPS) is 14.7. The fourth-order valence-electron chi connectivity index (χ4n) is 3.46.